The molecule has 0 spiro atoms. The Kier molecular flexibility index (Phi) is 5.11. The van der Waals surface area contributed by atoms with Gasteiger partial charge in [0.05, 0.1) is 0 Å². The minimum Gasteiger partial charge on any atom is -0.0622 e. The third-order valence-corrected chi connectivity index (χ3v) is 7.53. The van der Waals surface area contributed by atoms with E-state index in [0.717, 1.165) is 0 Å². The zero-order valence-corrected chi connectivity index (χ0v) is 20.8. The average Bonchev–Trinajstić information content (AvgIpc) is 2.96. The molecule has 0 bridgehead atoms. The van der Waals surface area contributed by atoms with Crippen LogP contribution in [0.25, 0.3) is 65.7 Å². The maximum absolute atomic E-state index is 2.30. The van der Waals surface area contributed by atoms with Crippen molar-refractivity contribution in [1.82, 2.24) is 0 Å². The Hall–Kier alpha value is -4.68. The lowest BCUT2D eigenvalue weighted by molar-refractivity contribution is 1.47. The van der Waals surface area contributed by atoms with E-state index in [9.17, 15) is 0 Å². The highest BCUT2D eigenvalue weighted by molar-refractivity contribution is 6.26. The first kappa shape index (κ1) is 21.6. The Labute approximate surface area is 217 Å². The topological polar surface area (TPSA) is 0 Å². The molecule has 0 saturated carbocycles. The van der Waals surface area contributed by atoms with E-state index in [-0.39, 0.29) is 0 Å². The standard InChI is InChI=1S/C37H26/c1-25-21-23-28(24-22-25)35-32-16-7-8-17-33(32)37(31-19-9-14-26-13-5-6-15-29(26)31)36-30(18-10-20-34(35)36)27-11-3-2-4-12-27/h2-24H,1H3. The Balaban J connectivity index is 1.74. The molecule has 0 nitrogen and oxygen atoms in total. The third kappa shape index (κ3) is 3.53. The highest BCUT2D eigenvalue weighted by Gasteiger charge is 2.20. The summed E-state index contributed by atoms with van der Waals surface area (Å²) in [5.41, 5.74) is 8.90. The van der Waals surface area contributed by atoms with Crippen LogP contribution in [-0.4, -0.2) is 0 Å². The molecule has 0 aliphatic rings. The number of aryl methyl sites for hydroxylation is 1. The molecule has 7 rings (SSSR count). The van der Waals surface area contributed by atoms with Crippen molar-refractivity contribution in [2.75, 3.05) is 0 Å². The Morgan fingerprint density at radius 2 is 0.919 bits per heavy atom. The summed E-state index contributed by atoms with van der Waals surface area (Å²) in [5.74, 6) is 0. The molecule has 0 heteroatoms. The largest absolute Gasteiger partial charge is 0.0622 e. The zero-order chi connectivity index (χ0) is 24.8. The molecule has 0 unspecified atom stereocenters. The fraction of sp³-hybridized carbons (Fsp3) is 0.0270. The predicted octanol–water partition coefficient (Wildman–Crippen LogP) is 10.5. The number of rotatable bonds is 3. The van der Waals surface area contributed by atoms with Gasteiger partial charge in [0.2, 0.25) is 0 Å². The van der Waals surface area contributed by atoms with Crippen molar-refractivity contribution in [3.8, 4) is 33.4 Å². The van der Waals surface area contributed by atoms with Crippen molar-refractivity contribution >= 4 is 32.3 Å². The van der Waals surface area contributed by atoms with Crippen molar-refractivity contribution in [3.63, 3.8) is 0 Å². The SMILES string of the molecule is Cc1ccc(-c2c3ccccc3c(-c3cccc4ccccc34)c3c(-c4ccccc4)cccc23)cc1. The number of hydrogen-bond donors (Lipinski definition) is 0. The number of fused-ring (bicyclic) bond motifs is 3. The molecular weight excluding hydrogens is 444 g/mol. The van der Waals surface area contributed by atoms with E-state index in [0.29, 0.717) is 0 Å². The van der Waals surface area contributed by atoms with Crippen molar-refractivity contribution in [2.24, 2.45) is 0 Å². The van der Waals surface area contributed by atoms with Crippen LogP contribution in [0.15, 0.2) is 140 Å². The Morgan fingerprint density at radius 1 is 0.351 bits per heavy atom. The first-order valence-corrected chi connectivity index (χ1v) is 12.9. The van der Waals surface area contributed by atoms with Crippen LogP contribution in [-0.2, 0) is 0 Å². The van der Waals surface area contributed by atoms with Gasteiger partial charge in [-0.25, -0.2) is 0 Å². The third-order valence-electron chi connectivity index (χ3n) is 7.53. The highest BCUT2D eigenvalue weighted by Crippen LogP contribution is 2.48. The molecule has 0 heterocycles. The van der Waals surface area contributed by atoms with E-state index in [1.54, 1.807) is 0 Å². The summed E-state index contributed by atoms with van der Waals surface area (Å²) in [4.78, 5) is 0. The molecular formula is C37H26. The summed E-state index contributed by atoms with van der Waals surface area (Å²) >= 11 is 0. The molecule has 0 saturated heterocycles. The van der Waals surface area contributed by atoms with Crippen molar-refractivity contribution in [3.05, 3.63) is 145 Å². The van der Waals surface area contributed by atoms with Crippen LogP contribution in [0.3, 0.4) is 0 Å². The van der Waals surface area contributed by atoms with E-state index in [1.807, 2.05) is 0 Å². The lowest BCUT2D eigenvalue weighted by Gasteiger charge is -2.21. The molecule has 0 aliphatic carbocycles. The average molecular weight is 471 g/mol. The van der Waals surface area contributed by atoms with Crippen molar-refractivity contribution in [2.45, 2.75) is 6.92 Å². The van der Waals surface area contributed by atoms with E-state index >= 15 is 0 Å². The quantitative estimate of drug-likeness (QED) is 0.225. The second-order valence-electron chi connectivity index (χ2n) is 9.78. The molecule has 7 aromatic carbocycles. The molecule has 0 aliphatic heterocycles. The van der Waals surface area contributed by atoms with Crippen LogP contribution < -0.4 is 0 Å². The molecule has 0 N–H and O–H groups in total. The lowest BCUT2D eigenvalue weighted by Crippen LogP contribution is -1.94. The predicted molar refractivity (Wildman–Crippen MR) is 160 cm³/mol. The molecule has 0 atom stereocenters. The van der Waals surface area contributed by atoms with E-state index in [4.69, 9.17) is 0 Å². The Bertz CT molecular complexity index is 1900. The second kappa shape index (κ2) is 8.76. The van der Waals surface area contributed by atoms with Crippen molar-refractivity contribution in [1.29, 1.82) is 0 Å². The van der Waals surface area contributed by atoms with E-state index in [2.05, 4.69) is 146 Å². The maximum Gasteiger partial charge on any atom is -0.00139 e. The van der Waals surface area contributed by atoms with Crippen LogP contribution in [0.1, 0.15) is 5.56 Å². The second-order valence-corrected chi connectivity index (χ2v) is 9.78. The Morgan fingerprint density at radius 3 is 1.70 bits per heavy atom. The van der Waals surface area contributed by atoms with Crippen LogP contribution in [0.5, 0.6) is 0 Å². The molecule has 0 amide bonds. The van der Waals surface area contributed by atoms with Gasteiger partial charge < -0.3 is 0 Å². The summed E-state index contributed by atoms with van der Waals surface area (Å²) in [5, 5.41) is 7.70. The normalized spacial score (nSPS) is 11.4. The van der Waals surface area contributed by atoms with Crippen molar-refractivity contribution < 1.29 is 0 Å². The fourth-order valence-corrected chi connectivity index (χ4v) is 5.84. The highest BCUT2D eigenvalue weighted by atomic mass is 14.2. The fourth-order valence-electron chi connectivity index (χ4n) is 5.84. The number of hydrogen-bond acceptors (Lipinski definition) is 0. The van der Waals surface area contributed by atoms with Crippen LogP contribution in [0, 0.1) is 6.92 Å². The summed E-state index contributed by atoms with van der Waals surface area (Å²) in [6, 6.07) is 50.9. The van der Waals surface area contributed by atoms with Gasteiger partial charge in [0.15, 0.2) is 0 Å². The molecule has 0 radical (unpaired) electrons. The molecule has 174 valence electrons. The van der Waals surface area contributed by atoms with Gasteiger partial charge in [0.25, 0.3) is 0 Å². The van der Waals surface area contributed by atoms with E-state index in [1.165, 1.54) is 71.3 Å². The van der Waals surface area contributed by atoms with Gasteiger partial charge in [-0.1, -0.05) is 145 Å². The van der Waals surface area contributed by atoms with Gasteiger partial charge in [-0.2, -0.15) is 0 Å². The minimum atomic E-state index is 1.24. The minimum absolute atomic E-state index is 1.24. The van der Waals surface area contributed by atoms with Gasteiger partial charge in [-0.15, -0.1) is 0 Å². The van der Waals surface area contributed by atoms with Crippen LogP contribution in [0.2, 0.25) is 0 Å². The van der Waals surface area contributed by atoms with Crippen LogP contribution in [0.4, 0.5) is 0 Å². The van der Waals surface area contributed by atoms with Gasteiger partial charge in [-0.3, -0.25) is 0 Å². The van der Waals surface area contributed by atoms with E-state index < -0.39 is 0 Å². The smallest absolute Gasteiger partial charge is 0.00139 e. The first-order valence-electron chi connectivity index (χ1n) is 12.9. The van der Waals surface area contributed by atoms with Gasteiger partial charge >= 0.3 is 0 Å². The molecule has 7 aromatic rings. The summed E-state index contributed by atoms with van der Waals surface area (Å²) < 4.78 is 0. The van der Waals surface area contributed by atoms with Gasteiger partial charge in [-0.05, 0) is 72.6 Å². The summed E-state index contributed by atoms with van der Waals surface area (Å²) in [7, 11) is 0. The number of benzene rings is 7. The lowest BCUT2D eigenvalue weighted by atomic mass is 9.82. The molecule has 0 aromatic heterocycles. The van der Waals surface area contributed by atoms with Gasteiger partial charge in [0.1, 0.15) is 0 Å². The van der Waals surface area contributed by atoms with Crippen LogP contribution >= 0.6 is 0 Å². The molecule has 37 heavy (non-hydrogen) atoms. The van der Waals surface area contributed by atoms with Gasteiger partial charge in [0, 0.05) is 0 Å². The monoisotopic (exact) mass is 470 g/mol. The zero-order valence-electron chi connectivity index (χ0n) is 20.8. The molecule has 0 fully saturated rings. The first-order chi connectivity index (χ1) is 18.3. The maximum atomic E-state index is 2.30. The summed E-state index contributed by atoms with van der Waals surface area (Å²) in [6.07, 6.45) is 0. The summed E-state index contributed by atoms with van der Waals surface area (Å²) in [6.45, 7) is 2.15.